The molecule has 126 valence electrons. The van der Waals surface area contributed by atoms with Crippen LogP contribution in [0.3, 0.4) is 0 Å². The summed E-state index contributed by atoms with van der Waals surface area (Å²) in [5.41, 5.74) is 1.79. The predicted molar refractivity (Wildman–Crippen MR) is 91.0 cm³/mol. The largest absolute Gasteiger partial charge is 0.466 e. The lowest BCUT2D eigenvalue weighted by Gasteiger charge is -2.18. The Kier molecular flexibility index (Phi) is 5.26. The van der Waals surface area contributed by atoms with Crippen LogP contribution in [0, 0.1) is 11.7 Å². The van der Waals surface area contributed by atoms with E-state index in [1.807, 2.05) is 24.3 Å². The number of rotatable bonds is 5. The molecule has 2 aromatic carbocycles. The highest BCUT2D eigenvalue weighted by molar-refractivity contribution is 5.74. The lowest BCUT2D eigenvalue weighted by atomic mass is 9.88. The van der Waals surface area contributed by atoms with Crippen LogP contribution in [0.4, 0.5) is 4.39 Å². The van der Waals surface area contributed by atoms with Gasteiger partial charge in [-0.1, -0.05) is 48.5 Å². The van der Waals surface area contributed by atoms with E-state index in [1.54, 1.807) is 19.1 Å². The summed E-state index contributed by atoms with van der Waals surface area (Å²) in [5.74, 6) is -0.987. The van der Waals surface area contributed by atoms with Gasteiger partial charge < -0.3 is 4.74 Å². The van der Waals surface area contributed by atoms with E-state index in [1.165, 1.54) is 11.6 Å². The van der Waals surface area contributed by atoms with Crippen molar-refractivity contribution < 1.29 is 13.9 Å². The zero-order valence-electron chi connectivity index (χ0n) is 13.8. The van der Waals surface area contributed by atoms with E-state index in [4.69, 9.17) is 4.74 Å². The number of hydrogen-bond acceptors (Lipinski definition) is 3. The fourth-order valence-electron chi connectivity index (χ4n) is 3.44. The molecule has 1 heterocycles. The van der Waals surface area contributed by atoms with Crippen LogP contribution < -0.4 is 0 Å². The first-order chi connectivity index (χ1) is 11.7. The van der Waals surface area contributed by atoms with Crippen molar-refractivity contribution in [3.8, 4) is 0 Å². The molecule has 4 heteroatoms. The lowest BCUT2D eigenvalue weighted by Crippen LogP contribution is -2.25. The highest BCUT2D eigenvalue weighted by Crippen LogP contribution is 2.35. The Morgan fingerprint density at radius 2 is 1.83 bits per heavy atom. The van der Waals surface area contributed by atoms with Crippen molar-refractivity contribution in [1.82, 2.24) is 4.90 Å². The minimum Gasteiger partial charge on any atom is -0.466 e. The topological polar surface area (TPSA) is 29.5 Å². The molecular weight excluding hydrogens is 305 g/mol. The second-order valence-electron chi connectivity index (χ2n) is 6.17. The third-order valence-electron chi connectivity index (χ3n) is 4.54. The summed E-state index contributed by atoms with van der Waals surface area (Å²) in [6.45, 7) is 4.14. The molecule has 1 aliphatic heterocycles. The van der Waals surface area contributed by atoms with Gasteiger partial charge in [0.05, 0.1) is 12.5 Å². The molecule has 0 saturated carbocycles. The van der Waals surface area contributed by atoms with Crippen molar-refractivity contribution in [3.05, 3.63) is 71.5 Å². The smallest absolute Gasteiger partial charge is 0.310 e. The summed E-state index contributed by atoms with van der Waals surface area (Å²) in [6, 6.07) is 16.8. The summed E-state index contributed by atoms with van der Waals surface area (Å²) < 4.78 is 19.5. The molecule has 2 aromatic rings. The zero-order chi connectivity index (χ0) is 16.9. The maximum atomic E-state index is 14.2. The molecule has 3 rings (SSSR count). The predicted octanol–water partition coefficient (Wildman–Crippen LogP) is 3.60. The third kappa shape index (κ3) is 3.65. The van der Waals surface area contributed by atoms with Crippen molar-refractivity contribution in [2.75, 3.05) is 19.7 Å². The second-order valence-corrected chi connectivity index (χ2v) is 6.17. The Balaban J connectivity index is 1.82. The molecular formula is C20H22FNO2. The minimum absolute atomic E-state index is 0.172. The van der Waals surface area contributed by atoms with Crippen LogP contribution in [-0.4, -0.2) is 30.6 Å². The van der Waals surface area contributed by atoms with Gasteiger partial charge in [-0.15, -0.1) is 0 Å². The first kappa shape index (κ1) is 16.7. The molecule has 0 spiro atoms. The number of halogens is 1. The van der Waals surface area contributed by atoms with Gasteiger partial charge in [0.25, 0.3) is 0 Å². The summed E-state index contributed by atoms with van der Waals surface area (Å²) in [4.78, 5) is 14.6. The van der Waals surface area contributed by atoms with Crippen molar-refractivity contribution in [2.24, 2.45) is 5.92 Å². The van der Waals surface area contributed by atoms with Crippen LogP contribution in [0.2, 0.25) is 0 Å². The summed E-state index contributed by atoms with van der Waals surface area (Å²) >= 11 is 0. The van der Waals surface area contributed by atoms with Crippen LogP contribution in [0.1, 0.15) is 24.0 Å². The minimum atomic E-state index is -0.328. The number of likely N-dealkylation sites (tertiary alicyclic amines) is 1. The van der Waals surface area contributed by atoms with Crippen molar-refractivity contribution in [2.45, 2.75) is 19.4 Å². The fraction of sp³-hybridized carbons (Fsp3) is 0.350. The molecule has 2 atom stereocenters. The van der Waals surface area contributed by atoms with Gasteiger partial charge in [-0.05, 0) is 24.1 Å². The van der Waals surface area contributed by atoms with Crippen LogP contribution in [0.15, 0.2) is 54.6 Å². The monoisotopic (exact) mass is 327 g/mol. The Morgan fingerprint density at radius 1 is 1.12 bits per heavy atom. The van der Waals surface area contributed by atoms with Crippen molar-refractivity contribution in [1.29, 1.82) is 0 Å². The number of esters is 1. The first-order valence-electron chi connectivity index (χ1n) is 8.36. The van der Waals surface area contributed by atoms with Crippen LogP contribution in [0.25, 0.3) is 0 Å². The third-order valence-corrected chi connectivity index (χ3v) is 4.54. The molecule has 1 saturated heterocycles. The van der Waals surface area contributed by atoms with E-state index in [0.29, 0.717) is 25.3 Å². The molecule has 24 heavy (non-hydrogen) atoms. The Morgan fingerprint density at radius 3 is 2.54 bits per heavy atom. The van der Waals surface area contributed by atoms with E-state index in [-0.39, 0.29) is 23.6 Å². The molecule has 0 radical (unpaired) electrons. The average Bonchev–Trinajstić information content (AvgIpc) is 3.00. The molecule has 0 amide bonds. The van der Waals surface area contributed by atoms with Gasteiger partial charge in [-0.3, -0.25) is 9.69 Å². The van der Waals surface area contributed by atoms with E-state index in [0.717, 1.165) is 6.54 Å². The van der Waals surface area contributed by atoms with Crippen LogP contribution in [-0.2, 0) is 16.1 Å². The summed E-state index contributed by atoms with van der Waals surface area (Å²) in [7, 11) is 0. The normalized spacial score (nSPS) is 20.9. The van der Waals surface area contributed by atoms with Gasteiger partial charge in [0.15, 0.2) is 0 Å². The van der Waals surface area contributed by atoms with Gasteiger partial charge >= 0.3 is 5.97 Å². The highest BCUT2D eigenvalue weighted by atomic mass is 19.1. The molecule has 1 aliphatic rings. The second kappa shape index (κ2) is 7.58. The molecule has 0 aliphatic carbocycles. The highest BCUT2D eigenvalue weighted by Gasteiger charge is 2.40. The van der Waals surface area contributed by atoms with Gasteiger partial charge in [-0.2, -0.15) is 0 Å². The quantitative estimate of drug-likeness (QED) is 0.786. The summed E-state index contributed by atoms with van der Waals surface area (Å²) in [6.07, 6.45) is 0. The van der Waals surface area contributed by atoms with Gasteiger partial charge in [-0.25, -0.2) is 4.39 Å². The standard InChI is InChI=1S/C20H22FNO2/c1-2-24-20(23)18-14-22(12-15-8-4-3-5-9-15)13-17(18)16-10-6-7-11-19(16)21/h3-11,17-18H,2,12-14H2,1H3/t17-,18-/m0/s1. The summed E-state index contributed by atoms with van der Waals surface area (Å²) in [5, 5.41) is 0. The van der Waals surface area contributed by atoms with E-state index in [9.17, 15) is 9.18 Å². The number of carbonyl (C=O) groups is 1. The Hall–Kier alpha value is -2.20. The molecule has 0 unspecified atom stereocenters. The number of carbonyl (C=O) groups excluding carboxylic acids is 1. The van der Waals surface area contributed by atoms with E-state index in [2.05, 4.69) is 17.0 Å². The van der Waals surface area contributed by atoms with Crippen LogP contribution in [0.5, 0.6) is 0 Å². The Bertz CT molecular complexity index is 689. The molecule has 3 nitrogen and oxygen atoms in total. The molecule has 0 N–H and O–H groups in total. The SMILES string of the molecule is CCOC(=O)[C@H]1CN(Cc2ccccc2)C[C@H]1c1ccccc1F. The zero-order valence-corrected chi connectivity index (χ0v) is 13.8. The lowest BCUT2D eigenvalue weighted by molar-refractivity contribution is -0.148. The number of benzene rings is 2. The van der Waals surface area contributed by atoms with Crippen LogP contribution >= 0.6 is 0 Å². The number of hydrogen-bond donors (Lipinski definition) is 0. The number of ether oxygens (including phenoxy) is 1. The van der Waals surface area contributed by atoms with E-state index < -0.39 is 0 Å². The van der Waals surface area contributed by atoms with Crippen molar-refractivity contribution >= 4 is 5.97 Å². The maximum Gasteiger partial charge on any atom is 0.310 e. The molecule has 0 aromatic heterocycles. The first-order valence-corrected chi connectivity index (χ1v) is 8.36. The number of nitrogens with zero attached hydrogens (tertiary/aromatic N) is 1. The maximum absolute atomic E-state index is 14.2. The molecule has 0 bridgehead atoms. The van der Waals surface area contributed by atoms with Gasteiger partial charge in [0.1, 0.15) is 5.82 Å². The van der Waals surface area contributed by atoms with Crippen molar-refractivity contribution in [3.63, 3.8) is 0 Å². The fourth-order valence-corrected chi connectivity index (χ4v) is 3.44. The van der Waals surface area contributed by atoms with E-state index >= 15 is 0 Å². The van der Waals surface area contributed by atoms with Gasteiger partial charge in [0, 0.05) is 25.6 Å². The Labute approximate surface area is 142 Å². The molecule has 1 fully saturated rings. The average molecular weight is 327 g/mol. The van der Waals surface area contributed by atoms with Gasteiger partial charge in [0.2, 0.25) is 0 Å².